The van der Waals surface area contributed by atoms with E-state index >= 15 is 0 Å². The highest BCUT2D eigenvalue weighted by Gasteiger charge is 2.15. The molecule has 3 heteroatoms. The Morgan fingerprint density at radius 2 is 1.88 bits per heavy atom. The second-order valence-corrected chi connectivity index (χ2v) is 4.60. The van der Waals surface area contributed by atoms with E-state index < -0.39 is 0 Å². The maximum Gasteiger partial charge on any atom is 0.226 e. The van der Waals surface area contributed by atoms with Crippen LogP contribution in [0.2, 0.25) is 0 Å². The molecule has 0 aliphatic carbocycles. The van der Waals surface area contributed by atoms with E-state index in [0.29, 0.717) is 6.42 Å². The molecule has 2 rings (SSSR count). The summed E-state index contributed by atoms with van der Waals surface area (Å²) in [7, 11) is 0. The monoisotopic (exact) mass is 235 g/mol. The highest BCUT2D eigenvalue weighted by atomic mass is 19.1. The predicted molar refractivity (Wildman–Crippen MR) is 65.2 cm³/mol. The molecule has 92 valence electrons. The molecule has 0 N–H and O–H groups in total. The number of rotatable bonds is 2. The largest absolute Gasteiger partial charge is 0.342 e. The van der Waals surface area contributed by atoms with Gasteiger partial charge in [-0.1, -0.05) is 25.0 Å². The molecule has 1 saturated heterocycles. The molecule has 1 heterocycles. The van der Waals surface area contributed by atoms with Crippen LogP contribution in [0.25, 0.3) is 0 Å². The van der Waals surface area contributed by atoms with Crippen LogP contribution in [-0.2, 0) is 11.2 Å². The van der Waals surface area contributed by atoms with Gasteiger partial charge < -0.3 is 4.90 Å². The minimum atomic E-state index is -0.272. The summed E-state index contributed by atoms with van der Waals surface area (Å²) in [6, 6.07) is 6.30. The van der Waals surface area contributed by atoms with Crippen LogP contribution in [0.3, 0.4) is 0 Å². The molecule has 1 aliphatic heterocycles. The third-order valence-electron chi connectivity index (χ3n) is 3.20. The number of hydrogen-bond donors (Lipinski definition) is 0. The summed E-state index contributed by atoms with van der Waals surface area (Å²) in [4.78, 5) is 13.9. The lowest BCUT2D eigenvalue weighted by molar-refractivity contribution is -0.130. The molecule has 0 unspecified atom stereocenters. The van der Waals surface area contributed by atoms with E-state index in [1.54, 1.807) is 12.1 Å². The zero-order valence-electron chi connectivity index (χ0n) is 9.99. The highest BCUT2D eigenvalue weighted by Crippen LogP contribution is 2.12. The Labute approximate surface area is 101 Å². The summed E-state index contributed by atoms with van der Waals surface area (Å²) in [6.07, 6.45) is 4.93. The van der Waals surface area contributed by atoms with Crippen LogP contribution in [0.4, 0.5) is 4.39 Å². The van der Waals surface area contributed by atoms with Crippen LogP contribution in [0.1, 0.15) is 31.2 Å². The number of likely N-dealkylation sites (tertiary alicyclic amines) is 1. The van der Waals surface area contributed by atoms with Gasteiger partial charge in [0.1, 0.15) is 5.82 Å². The van der Waals surface area contributed by atoms with Crippen molar-refractivity contribution in [2.75, 3.05) is 13.1 Å². The minimum Gasteiger partial charge on any atom is -0.342 e. The number of carbonyl (C=O) groups excluding carboxylic acids is 1. The van der Waals surface area contributed by atoms with E-state index in [-0.39, 0.29) is 11.7 Å². The van der Waals surface area contributed by atoms with Crippen molar-refractivity contribution in [3.05, 3.63) is 35.6 Å². The molecule has 0 radical (unpaired) electrons. The number of amides is 1. The molecule has 17 heavy (non-hydrogen) atoms. The van der Waals surface area contributed by atoms with Crippen molar-refractivity contribution in [3.63, 3.8) is 0 Å². The first kappa shape index (κ1) is 12.1. The summed E-state index contributed by atoms with van der Waals surface area (Å²) in [6.45, 7) is 1.71. The van der Waals surface area contributed by atoms with E-state index in [4.69, 9.17) is 0 Å². The first-order chi connectivity index (χ1) is 8.25. The van der Waals surface area contributed by atoms with Crippen molar-refractivity contribution >= 4 is 5.91 Å². The number of nitrogens with zero attached hydrogens (tertiary/aromatic N) is 1. The first-order valence-corrected chi connectivity index (χ1v) is 6.28. The third-order valence-corrected chi connectivity index (χ3v) is 3.20. The van der Waals surface area contributed by atoms with Crippen molar-refractivity contribution < 1.29 is 9.18 Å². The van der Waals surface area contributed by atoms with E-state index in [1.165, 1.54) is 25.0 Å². The van der Waals surface area contributed by atoms with Crippen LogP contribution >= 0.6 is 0 Å². The minimum absolute atomic E-state index is 0.123. The summed E-state index contributed by atoms with van der Waals surface area (Å²) < 4.78 is 13.0. The molecule has 1 aromatic carbocycles. The molecular formula is C14H18FNO. The molecule has 0 aromatic heterocycles. The van der Waals surface area contributed by atoms with Crippen LogP contribution < -0.4 is 0 Å². The van der Waals surface area contributed by atoms with Gasteiger partial charge in [-0.25, -0.2) is 4.39 Å². The number of carbonyl (C=O) groups is 1. The fraction of sp³-hybridized carbons (Fsp3) is 0.500. The maximum atomic E-state index is 13.0. The molecular weight excluding hydrogens is 217 g/mol. The smallest absolute Gasteiger partial charge is 0.226 e. The molecule has 1 fully saturated rings. The molecule has 0 bridgehead atoms. The van der Waals surface area contributed by atoms with Gasteiger partial charge in [-0.3, -0.25) is 4.79 Å². The highest BCUT2D eigenvalue weighted by molar-refractivity contribution is 5.78. The second-order valence-electron chi connectivity index (χ2n) is 4.60. The average molecular weight is 235 g/mol. The Kier molecular flexibility index (Phi) is 4.13. The summed E-state index contributed by atoms with van der Waals surface area (Å²) in [5, 5.41) is 0. The maximum absolute atomic E-state index is 13.0. The fourth-order valence-corrected chi connectivity index (χ4v) is 2.25. The Bertz CT molecular complexity index is 384. The van der Waals surface area contributed by atoms with Gasteiger partial charge in [0.15, 0.2) is 0 Å². The Morgan fingerprint density at radius 1 is 1.18 bits per heavy atom. The summed E-state index contributed by atoms with van der Waals surface area (Å²) >= 11 is 0. The van der Waals surface area contributed by atoms with E-state index in [0.717, 1.165) is 31.5 Å². The van der Waals surface area contributed by atoms with E-state index in [9.17, 15) is 9.18 Å². The molecule has 0 saturated carbocycles. The van der Waals surface area contributed by atoms with Gasteiger partial charge in [-0.15, -0.1) is 0 Å². The van der Waals surface area contributed by atoms with Crippen molar-refractivity contribution in [2.24, 2.45) is 0 Å². The van der Waals surface area contributed by atoms with Gasteiger partial charge in [0.05, 0.1) is 6.42 Å². The molecule has 1 aromatic rings. The lowest BCUT2D eigenvalue weighted by Crippen LogP contribution is -2.33. The van der Waals surface area contributed by atoms with Gasteiger partial charge in [-0.05, 0) is 30.5 Å². The van der Waals surface area contributed by atoms with Crippen LogP contribution in [0.5, 0.6) is 0 Å². The van der Waals surface area contributed by atoms with Crippen LogP contribution in [-0.4, -0.2) is 23.9 Å². The van der Waals surface area contributed by atoms with Crippen LogP contribution in [0, 0.1) is 5.82 Å². The van der Waals surface area contributed by atoms with Gasteiger partial charge in [0, 0.05) is 13.1 Å². The average Bonchev–Trinajstić information content (AvgIpc) is 2.57. The van der Waals surface area contributed by atoms with Crippen molar-refractivity contribution in [3.8, 4) is 0 Å². The predicted octanol–water partition coefficient (Wildman–Crippen LogP) is 2.77. The molecule has 1 aliphatic rings. The quantitative estimate of drug-likeness (QED) is 0.772. The van der Waals surface area contributed by atoms with Crippen molar-refractivity contribution in [2.45, 2.75) is 32.1 Å². The van der Waals surface area contributed by atoms with Gasteiger partial charge in [0.25, 0.3) is 0 Å². The van der Waals surface area contributed by atoms with Gasteiger partial charge in [0.2, 0.25) is 5.91 Å². The summed E-state index contributed by atoms with van der Waals surface area (Å²) in [5.74, 6) is -0.149. The fourth-order valence-electron chi connectivity index (χ4n) is 2.25. The molecule has 0 spiro atoms. The zero-order chi connectivity index (χ0) is 12.1. The SMILES string of the molecule is O=C(Cc1cccc(F)c1)N1CCCCCC1. The number of halogens is 1. The topological polar surface area (TPSA) is 20.3 Å². The van der Waals surface area contributed by atoms with E-state index in [2.05, 4.69) is 0 Å². The zero-order valence-corrected chi connectivity index (χ0v) is 9.99. The summed E-state index contributed by atoms with van der Waals surface area (Å²) in [5.41, 5.74) is 0.763. The van der Waals surface area contributed by atoms with Crippen LogP contribution in [0.15, 0.2) is 24.3 Å². The lowest BCUT2D eigenvalue weighted by atomic mass is 10.1. The standard InChI is InChI=1S/C14H18FNO/c15-13-7-5-6-12(10-13)11-14(17)16-8-3-1-2-4-9-16/h5-7,10H,1-4,8-9,11H2. The first-order valence-electron chi connectivity index (χ1n) is 6.28. The number of benzene rings is 1. The second kappa shape index (κ2) is 5.80. The van der Waals surface area contributed by atoms with Gasteiger partial charge in [-0.2, -0.15) is 0 Å². The van der Waals surface area contributed by atoms with E-state index in [1.807, 2.05) is 4.90 Å². The van der Waals surface area contributed by atoms with Crippen molar-refractivity contribution in [1.29, 1.82) is 0 Å². The Morgan fingerprint density at radius 3 is 2.53 bits per heavy atom. The Hall–Kier alpha value is -1.38. The molecule has 0 atom stereocenters. The normalized spacial score (nSPS) is 16.6. The Balaban J connectivity index is 1.95. The number of hydrogen-bond acceptors (Lipinski definition) is 1. The third kappa shape index (κ3) is 3.55. The molecule has 1 amide bonds. The molecule has 2 nitrogen and oxygen atoms in total. The van der Waals surface area contributed by atoms with Crippen molar-refractivity contribution in [1.82, 2.24) is 4.90 Å². The lowest BCUT2D eigenvalue weighted by Gasteiger charge is -2.20. The van der Waals surface area contributed by atoms with Gasteiger partial charge >= 0.3 is 0 Å².